The van der Waals surface area contributed by atoms with E-state index in [9.17, 15) is 4.39 Å². The van der Waals surface area contributed by atoms with Crippen molar-refractivity contribution in [3.63, 3.8) is 0 Å². The third kappa shape index (κ3) is 3.06. The second kappa shape index (κ2) is 5.94. The SMILES string of the molecule is N#Cc1ncccc1COc1ccc(F)cc1CN. The van der Waals surface area contributed by atoms with Crippen molar-refractivity contribution in [2.45, 2.75) is 13.2 Å². The zero-order valence-corrected chi connectivity index (χ0v) is 10.1. The van der Waals surface area contributed by atoms with Gasteiger partial charge in [0.2, 0.25) is 0 Å². The van der Waals surface area contributed by atoms with E-state index in [1.807, 2.05) is 6.07 Å². The molecule has 2 aromatic rings. The Hall–Kier alpha value is -2.45. The summed E-state index contributed by atoms with van der Waals surface area (Å²) in [5.74, 6) is 0.156. The molecule has 0 amide bonds. The predicted molar refractivity (Wildman–Crippen MR) is 67.6 cm³/mol. The van der Waals surface area contributed by atoms with E-state index in [1.165, 1.54) is 18.2 Å². The zero-order valence-electron chi connectivity index (χ0n) is 10.1. The third-order valence-electron chi connectivity index (χ3n) is 2.62. The van der Waals surface area contributed by atoms with Gasteiger partial charge in [-0.2, -0.15) is 5.26 Å². The molecular weight excluding hydrogens is 245 g/mol. The minimum Gasteiger partial charge on any atom is -0.488 e. The monoisotopic (exact) mass is 257 g/mol. The van der Waals surface area contributed by atoms with Crippen LogP contribution in [0.25, 0.3) is 0 Å². The second-order valence-electron chi connectivity index (χ2n) is 3.87. The molecule has 1 heterocycles. The van der Waals surface area contributed by atoms with E-state index in [0.717, 1.165) is 0 Å². The molecule has 0 spiro atoms. The summed E-state index contributed by atoms with van der Waals surface area (Å²) in [6, 6.07) is 9.66. The highest BCUT2D eigenvalue weighted by atomic mass is 19.1. The molecule has 96 valence electrons. The maximum Gasteiger partial charge on any atom is 0.147 e. The number of nitrogens with two attached hydrogens (primary N) is 1. The number of nitrogens with zero attached hydrogens (tertiary/aromatic N) is 2. The third-order valence-corrected chi connectivity index (χ3v) is 2.62. The summed E-state index contributed by atoms with van der Waals surface area (Å²) in [5.41, 5.74) is 7.12. The zero-order chi connectivity index (χ0) is 13.7. The van der Waals surface area contributed by atoms with Gasteiger partial charge in [-0.1, -0.05) is 6.07 Å². The van der Waals surface area contributed by atoms with Gasteiger partial charge in [-0.25, -0.2) is 9.37 Å². The first-order chi connectivity index (χ1) is 9.24. The number of nitriles is 1. The number of rotatable bonds is 4. The van der Waals surface area contributed by atoms with E-state index in [2.05, 4.69) is 4.98 Å². The van der Waals surface area contributed by atoms with E-state index < -0.39 is 0 Å². The van der Waals surface area contributed by atoms with Gasteiger partial charge in [-0.3, -0.25) is 0 Å². The summed E-state index contributed by atoms with van der Waals surface area (Å²) < 4.78 is 18.6. The quantitative estimate of drug-likeness (QED) is 0.910. The van der Waals surface area contributed by atoms with Crippen LogP contribution in [0.15, 0.2) is 36.5 Å². The number of hydrogen-bond acceptors (Lipinski definition) is 4. The minimum absolute atomic E-state index is 0.186. The Kier molecular flexibility index (Phi) is 4.06. The summed E-state index contributed by atoms with van der Waals surface area (Å²) in [7, 11) is 0. The van der Waals surface area contributed by atoms with Crippen LogP contribution in [0.3, 0.4) is 0 Å². The average molecular weight is 257 g/mol. The number of halogens is 1. The molecular formula is C14H12FN3O. The van der Waals surface area contributed by atoms with Crippen LogP contribution in [0.4, 0.5) is 4.39 Å². The first kappa shape index (κ1) is 13.0. The number of aromatic nitrogens is 1. The first-order valence-corrected chi connectivity index (χ1v) is 5.70. The Morgan fingerprint density at radius 3 is 2.89 bits per heavy atom. The van der Waals surface area contributed by atoms with Crippen LogP contribution in [-0.4, -0.2) is 4.98 Å². The van der Waals surface area contributed by atoms with Crippen molar-refractivity contribution in [1.29, 1.82) is 5.26 Å². The van der Waals surface area contributed by atoms with Crippen LogP contribution in [0.2, 0.25) is 0 Å². The molecule has 19 heavy (non-hydrogen) atoms. The highest BCUT2D eigenvalue weighted by molar-refractivity contribution is 5.35. The molecule has 4 nitrogen and oxygen atoms in total. The lowest BCUT2D eigenvalue weighted by Crippen LogP contribution is -2.04. The summed E-state index contributed by atoms with van der Waals surface area (Å²) in [6.45, 7) is 0.376. The van der Waals surface area contributed by atoms with Crippen molar-refractivity contribution in [1.82, 2.24) is 4.98 Å². The van der Waals surface area contributed by atoms with Gasteiger partial charge < -0.3 is 10.5 Å². The highest BCUT2D eigenvalue weighted by Crippen LogP contribution is 2.20. The van der Waals surface area contributed by atoms with Gasteiger partial charge in [0.05, 0.1) is 0 Å². The van der Waals surface area contributed by atoms with Crippen LogP contribution in [0.1, 0.15) is 16.8 Å². The minimum atomic E-state index is -0.355. The highest BCUT2D eigenvalue weighted by Gasteiger charge is 2.07. The predicted octanol–water partition coefficient (Wildman–Crippen LogP) is 2.13. The van der Waals surface area contributed by atoms with Gasteiger partial charge in [0.15, 0.2) is 0 Å². The summed E-state index contributed by atoms with van der Waals surface area (Å²) in [4.78, 5) is 3.94. The molecule has 5 heteroatoms. The Balaban J connectivity index is 2.17. The molecule has 2 rings (SSSR count). The largest absolute Gasteiger partial charge is 0.488 e. The van der Waals surface area contributed by atoms with E-state index in [4.69, 9.17) is 15.7 Å². The van der Waals surface area contributed by atoms with Gasteiger partial charge in [0.25, 0.3) is 0 Å². The van der Waals surface area contributed by atoms with Gasteiger partial charge in [0.1, 0.15) is 29.9 Å². The number of pyridine rings is 1. The summed E-state index contributed by atoms with van der Waals surface area (Å²) in [5, 5.41) is 8.92. The molecule has 1 aromatic heterocycles. The van der Waals surface area contributed by atoms with Crippen LogP contribution in [-0.2, 0) is 13.2 Å². The smallest absolute Gasteiger partial charge is 0.147 e. The van der Waals surface area contributed by atoms with Crippen LogP contribution in [0.5, 0.6) is 5.75 Å². The molecule has 0 bridgehead atoms. The van der Waals surface area contributed by atoms with E-state index in [0.29, 0.717) is 22.6 Å². The van der Waals surface area contributed by atoms with Crippen molar-refractivity contribution in [3.8, 4) is 11.8 Å². The Morgan fingerprint density at radius 1 is 1.32 bits per heavy atom. The van der Waals surface area contributed by atoms with E-state index >= 15 is 0 Å². The van der Waals surface area contributed by atoms with Gasteiger partial charge >= 0.3 is 0 Å². The first-order valence-electron chi connectivity index (χ1n) is 5.70. The van der Waals surface area contributed by atoms with Crippen molar-refractivity contribution >= 4 is 0 Å². The number of benzene rings is 1. The maximum atomic E-state index is 13.1. The molecule has 0 aliphatic rings. The van der Waals surface area contributed by atoms with Crippen LogP contribution < -0.4 is 10.5 Å². The lowest BCUT2D eigenvalue weighted by molar-refractivity contribution is 0.301. The molecule has 0 saturated carbocycles. The summed E-state index contributed by atoms with van der Waals surface area (Å²) >= 11 is 0. The lowest BCUT2D eigenvalue weighted by Gasteiger charge is -2.10. The fourth-order valence-electron chi connectivity index (χ4n) is 1.66. The Labute approximate surface area is 110 Å². The molecule has 0 unspecified atom stereocenters. The Morgan fingerprint density at radius 2 is 2.16 bits per heavy atom. The number of hydrogen-bond donors (Lipinski definition) is 1. The molecule has 0 aliphatic heterocycles. The van der Waals surface area contributed by atoms with Crippen molar-refractivity contribution in [2.75, 3.05) is 0 Å². The lowest BCUT2D eigenvalue weighted by atomic mass is 10.2. The van der Waals surface area contributed by atoms with Crippen molar-refractivity contribution in [3.05, 3.63) is 59.2 Å². The summed E-state index contributed by atoms with van der Waals surface area (Å²) in [6.07, 6.45) is 1.55. The van der Waals surface area contributed by atoms with Crippen molar-refractivity contribution in [2.24, 2.45) is 5.73 Å². The molecule has 0 fully saturated rings. The van der Waals surface area contributed by atoms with Crippen LogP contribution >= 0.6 is 0 Å². The maximum absolute atomic E-state index is 13.1. The molecule has 0 atom stereocenters. The fourth-order valence-corrected chi connectivity index (χ4v) is 1.66. The van der Waals surface area contributed by atoms with E-state index in [-0.39, 0.29) is 19.0 Å². The topological polar surface area (TPSA) is 71.9 Å². The average Bonchev–Trinajstić information content (AvgIpc) is 2.46. The van der Waals surface area contributed by atoms with Gasteiger partial charge in [0, 0.05) is 23.9 Å². The standard InChI is InChI=1S/C14H12FN3O/c15-12-3-4-14(11(6-12)7-16)19-9-10-2-1-5-18-13(10)8-17/h1-6H,7,9,16H2. The molecule has 0 saturated heterocycles. The normalized spacial score (nSPS) is 9.95. The molecule has 2 N–H and O–H groups in total. The molecule has 0 aliphatic carbocycles. The van der Waals surface area contributed by atoms with Crippen molar-refractivity contribution < 1.29 is 9.13 Å². The second-order valence-corrected chi connectivity index (χ2v) is 3.87. The van der Waals surface area contributed by atoms with E-state index in [1.54, 1.807) is 18.3 Å². The van der Waals surface area contributed by atoms with Gasteiger partial charge in [-0.15, -0.1) is 0 Å². The molecule has 1 aromatic carbocycles. The Bertz CT molecular complexity index is 622. The number of ether oxygens (including phenoxy) is 1. The molecule has 0 radical (unpaired) electrons. The van der Waals surface area contributed by atoms with Gasteiger partial charge in [-0.05, 0) is 24.3 Å². The fraction of sp³-hybridized carbons (Fsp3) is 0.143. The van der Waals surface area contributed by atoms with Crippen LogP contribution in [0, 0.1) is 17.1 Å².